The van der Waals surface area contributed by atoms with Gasteiger partial charge in [-0.1, -0.05) is 32.9 Å². The lowest BCUT2D eigenvalue weighted by Gasteiger charge is -2.24. The van der Waals surface area contributed by atoms with Crippen molar-refractivity contribution in [1.29, 1.82) is 0 Å². The Morgan fingerprint density at radius 2 is 2.11 bits per heavy atom. The Morgan fingerprint density at radius 3 is 2.63 bits per heavy atom. The zero-order chi connectivity index (χ0) is 14.5. The van der Waals surface area contributed by atoms with Crippen molar-refractivity contribution in [2.45, 2.75) is 33.8 Å². The summed E-state index contributed by atoms with van der Waals surface area (Å²) in [6.07, 6.45) is 0.745. The molecule has 0 saturated heterocycles. The summed E-state index contributed by atoms with van der Waals surface area (Å²) in [5.74, 6) is -0.259. The van der Waals surface area contributed by atoms with Crippen LogP contribution in [0.3, 0.4) is 0 Å². The van der Waals surface area contributed by atoms with Gasteiger partial charge in [0.1, 0.15) is 0 Å². The summed E-state index contributed by atoms with van der Waals surface area (Å²) >= 11 is 0. The van der Waals surface area contributed by atoms with Crippen LogP contribution in [0.25, 0.3) is 0 Å². The molecule has 1 unspecified atom stereocenters. The molecule has 0 aliphatic carbocycles. The number of carbonyl (C=O) groups excluding carboxylic acids is 1. The first-order valence-electron chi connectivity index (χ1n) is 6.56. The highest BCUT2D eigenvalue weighted by Gasteiger charge is 2.23. The normalized spacial score (nSPS) is 13.1. The topological polar surface area (TPSA) is 75.4 Å². The molecule has 1 rings (SSSR count). The molecule has 4 nitrogen and oxygen atoms in total. The van der Waals surface area contributed by atoms with E-state index >= 15 is 0 Å². The molecule has 0 aliphatic heterocycles. The van der Waals surface area contributed by atoms with Crippen molar-refractivity contribution in [2.75, 3.05) is 11.9 Å². The Labute approximate surface area is 115 Å². The SMILES string of the molecule is CC(C)(C)CC(CN)C(=O)Nc1cccc(CO)c1. The van der Waals surface area contributed by atoms with Gasteiger partial charge >= 0.3 is 0 Å². The van der Waals surface area contributed by atoms with Gasteiger partial charge in [-0.2, -0.15) is 0 Å². The number of benzene rings is 1. The molecule has 1 aromatic rings. The van der Waals surface area contributed by atoms with Crippen molar-refractivity contribution in [2.24, 2.45) is 17.1 Å². The maximum absolute atomic E-state index is 12.2. The minimum absolute atomic E-state index is 0.0357. The predicted octanol–water partition coefficient (Wildman–Crippen LogP) is 2.13. The molecule has 4 N–H and O–H groups in total. The summed E-state index contributed by atoms with van der Waals surface area (Å²) < 4.78 is 0. The van der Waals surface area contributed by atoms with Crippen molar-refractivity contribution in [3.05, 3.63) is 29.8 Å². The number of nitrogens with two attached hydrogens (primary N) is 1. The fourth-order valence-electron chi connectivity index (χ4n) is 2.01. The highest BCUT2D eigenvalue weighted by Crippen LogP contribution is 2.25. The van der Waals surface area contributed by atoms with Gasteiger partial charge in [-0.05, 0) is 29.5 Å². The van der Waals surface area contributed by atoms with Crippen molar-refractivity contribution < 1.29 is 9.90 Å². The number of hydrogen-bond acceptors (Lipinski definition) is 3. The molecule has 4 heteroatoms. The van der Waals surface area contributed by atoms with Crippen LogP contribution in [0, 0.1) is 11.3 Å². The zero-order valence-corrected chi connectivity index (χ0v) is 11.9. The number of anilines is 1. The molecule has 0 fully saturated rings. The standard InChI is InChI=1S/C15H24N2O2/c1-15(2,3)8-12(9-16)14(19)17-13-6-4-5-11(7-13)10-18/h4-7,12,18H,8-10,16H2,1-3H3,(H,17,19). The van der Waals surface area contributed by atoms with Crippen LogP contribution in [-0.2, 0) is 11.4 Å². The van der Waals surface area contributed by atoms with Gasteiger partial charge in [-0.3, -0.25) is 4.79 Å². The minimum Gasteiger partial charge on any atom is -0.392 e. The molecule has 0 bridgehead atoms. The van der Waals surface area contributed by atoms with E-state index in [-0.39, 0.29) is 23.8 Å². The van der Waals surface area contributed by atoms with E-state index in [1.165, 1.54) is 0 Å². The maximum atomic E-state index is 12.2. The number of aliphatic hydroxyl groups is 1. The second kappa shape index (κ2) is 6.68. The Kier molecular flexibility index (Phi) is 5.51. The van der Waals surface area contributed by atoms with Crippen molar-refractivity contribution in [1.82, 2.24) is 0 Å². The van der Waals surface area contributed by atoms with Crippen LogP contribution in [0.1, 0.15) is 32.8 Å². The van der Waals surface area contributed by atoms with Crippen LogP contribution in [0.5, 0.6) is 0 Å². The Hall–Kier alpha value is -1.39. The van der Waals surface area contributed by atoms with Crippen LogP contribution >= 0.6 is 0 Å². The largest absolute Gasteiger partial charge is 0.392 e. The summed E-state index contributed by atoms with van der Waals surface area (Å²) in [7, 11) is 0. The van der Waals surface area contributed by atoms with Gasteiger partial charge in [-0.25, -0.2) is 0 Å². The third-order valence-electron chi connectivity index (χ3n) is 2.89. The van der Waals surface area contributed by atoms with Gasteiger partial charge in [0.25, 0.3) is 0 Å². The van der Waals surface area contributed by atoms with E-state index in [0.717, 1.165) is 12.0 Å². The van der Waals surface area contributed by atoms with Crippen LogP contribution < -0.4 is 11.1 Å². The molecule has 0 aliphatic rings. The summed E-state index contributed by atoms with van der Waals surface area (Å²) in [6.45, 7) is 6.58. The lowest BCUT2D eigenvalue weighted by molar-refractivity contribution is -0.120. The monoisotopic (exact) mass is 264 g/mol. The fourth-order valence-corrected chi connectivity index (χ4v) is 2.01. The lowest BCUT2D eigenvalue weighted by Crippen LogP contribution is -2.32. The van der Waals surface area contributed by atoms with E-state index < -0.39 is 0 Å². The Morgan fingerprint density at radius 1 is 1.42 bits per heavy atom. The Balaban J connectivity index is 2.71. The van der Waals surface area contributed by atoms with E-state index in [4.69, 9.17) is 10.8 Å². The van der Waals surface area contributed by atoms with Gasteiger partial charge in [0.05, 0.1) is 12.5 Å². The molecule has 1 amide bonds. The summed E-state index contributed by atoms with van der Waals surface area (Å²) in [5.41, 5.74) is 7.23. The van der Waals surface area contributed by atoms with Gasteiger partial charge in [0.15, 0.2) is 0 Å². The minimum atomic E-state index is -0.196. The van der Waals surface area contributed by atoms with Crippen molar-refractivity contribution >= 4 is 11.6 Å². The third-order valence-corrected chi connectivity index (χ3v) is 2.89. The van der Waals surface area contributed by atoms with Crippen LogP contribution in [0.4, 0.5) is 5.69 Å². The van der Waals surface area contributed by atoms with Gasteiger partial charge in [-0.15, -0.1) is 0 Å². The van der Waals surface area contributed by atoms with Crippen molar-refractivity contribution in [3.63, 3.8) is 0 Å². The smallest absolute Gasteiger partial charge is 0.228 e. The Bertz CT molecular complexity index is 424. The van der Waals surface area contributed by atoms with Gasteiger partial charge < -0.3 is 16.2 Å². The summed E-state index contributed by atoms with van der Waals surface area (Å²) in [4.78, 5) is 12.2. The van der Waals surface area contributed by atoms with E-state index in [2.05, 4.69) is 26.1 Å². The number of nitrogens with one attached hydrogen (secondary N) is 1. The first kappa shape index (κ1) is 15.7. The molecule has 1 aromatic carbocycles. The predicted molar refractivity (Wildman–Crippen MR) is 77.6 cm³/mol. The second-order valence-corrected chi connectivity index (χ2v) is 6.05. The number of rotatable bonds is 5. The first-order chi connectivity index (χ1) is 8.85. The zero-order valence-electron chi connectivity index (χ0n) is 11.9. The number of carbonyl (C=O) groups is 1. The fraction of sp³-hybridized carbons (Fsp3) is 0.533. The molecule has 0 spiro atoms. The molecule has 0 saturated carbocycles. The van der Waals surface area contributed by atoms with E-state index in [1.54, 1.807) is 6.07 Å². The van der Waals surface area contributed by atoms with Crippen molar-refractivity contribution in [3.8, 4) is 0 Å². The number of amides is 1. The van der Waals surface area contributed by atoms with Crippen LogP contribution in [-0.4, -0.2) is 17.6 Å². The summed E-state index contributed by atoms with van der Waals surface area (Å²) in [6, 6.07) is 7.19. The van der Waals surface area contributed by atoms with E-state index in [9.17, 15) is 4.79 Å². The molecular weight excluding hydrogens is 240 g/mol. The third kappa shape index (κ3) is 5.41. The average Bonchev–Trinajstić information content (AvgIpc) is 2.35. The average molecular weight is 264 g/mol. The molecular formula is C15H24N2O2. The highest BCUT2D eigenvalue weighted by molar-refractivity contribution is 5.92. The van der Waals surface area contributed by atoms with Gasteiger partial charge in [0.2, 0.25) is 5.91 Å². The van der Waals surface area contributed by atoms with Gasteiger partial charge in [0, 0.05) is 12.2 Å². The molecule has 19 heavy (non-hydrogen) atoms. The van der Waals surface area contributed by atoms with Crippen LogP contribution in [0.2, 0.25) is 0 Å². The van der Waals surface area contributed by atoms with E-state index in [1.807, 2.05) is 18.2 Å². The lowest BCUT2D eigenvalue weighted by atomic mass is 9.84. The number of aliphatic hydroxyl groups excluding tert-OH is 1. The quantitative estimate of drug-likeness (QED) is 0.762. The second-order valence-electron chi connectivity index (χ2n) is 6.05. The molecule has 1 atom stereocenters. The highest BCUT2D eigenvalue weighted by atomic mass is 16.3. The molecule has 106 valence electrons. The molecule has 0 radical (unpaired) electrons. The number of hydrogen-bond donors (Lipinski definition) is 3. The van der Waals surface area contributed by atoms with Crippen LogP contribution in [0.15, 0.2) is 24.3 Å². The molecule has 0 heterocycles. The van der Waals surface area contributed by atoms with E-state index in [0.29, 0.717) is 12.2 Å². The molecule has 0 aromatic heterocycles. The first-order valence-corrected chi connectivity index (χ1v) is 6.56. The maximum Gasteiger partial charge on any atom is 0.228 e. The summed E-state index contributed by atoms with van der Waals surface area (Å²) in [5, 5.41) is 11.9.